The van der Waals surface area contributed by atoms with Gasteiger partial charge in [0.25, 0.3) is 0 Å². The number of phenolic OH excluding ortho intramolecular Hbond substituents is 2. The lowest BCUT2D eigenvalue weighted by atomic mass is 9.71. The number of ketones is 2. The first-order valence-electron chi connectivity index (χ1n) is 15.0. The molecule has 0 radical (unpaired) electrons. The summed E-state index contributed by atoms with van der Waals surface area (Å²) in [4.78, 5) is 29.7. The molecule has 2 heterocycles. The second kappa shape index (κ2) is 12.2. The number of benzene rings is 2. The van der Waals surface area contributed by atoms with Crippen LogP contribution in [0.1, 0.15) is 95.0 Å². The fourth-order valence-electron chi connectivity index (χ4n) is 7.29. The first-order chi connectivity index (χ1) is 20.5. The van der Waals surface area contributed by atoms with E-state index < -0.39 is 59.4 Å². The van der Waals surface area contributed by atoms with E-state index in [0.717, 1.165) is 32.4 Å². The van der Waals surface area contributed by atoms with Crippen molar-refractivity contribution in [3.05, 3.63) is 51.6 Å². The number of halogens is 1. The topological polar surface area (TPSA) is 166 Å². The van der Waals surface area contributed by atoms with Gasteiger partial charge in [-0.15, -0.1) is 12.4 Å². The molecule has 4 aliphatic rings. The zero-order chi connectivity index (χ0) is 30.8. The van der Waals surface area contributed by atoms with Crippen LogP contribution in [0.15, 0.2) is 18.2 Å². The Bertz CT molecular complexity index is 1460. The van der Waals surface area contributed by atoms with Crippen LogP contribution >= 0.6 is 12.4 Å². The van der Waals surface area contributed by atoms with E-state index in [9.17, 15) is 35.1 Å². The van der Waals surface area contributed by atoms with Crippen molar-refractivity contribution in [2.75, 3.05) is 20.2 Å². The molecule has 2 aliphatic carbocycles. The van der Waals surface area contributed by atoms with Gasteiger partial charge in [-0.1, -0.05) is 18.6 Å². The third-order valence-electron chi connectivity index (χ3n) is 9.73. The van der Waals surface area contributed by atoms with Crippen LogP contribution < -0.4 is 4.74 Å². The number of piperidine rings is 1. The highest BCUT2D eigenvalue weighted by atomic mass is 35.5. The summed E-state index contributed by atoms with van der Waals surface area (Å²) >= 11 is 0. The van der Waals surface area contributed by atoms with E-state index in [1.165, 1.54) is 26.2 Å². The Morgan fingerprint density at radius 1 is 1.05 bits per heavy atom. The molecule has 7 unspecified atom stereocenters. The number of phenols is 2. The maximum absolute atomic E-state index is 13.8. The average Bonchev–Trinajstić information content (AvgIpc) is 2.99. The Kier molecular flexibility index (Phi) is 9.05. The Morgan fingerprint density at radius 2 is 1.73 bits per heavy atom. The molecule has 240 valence electrons. The number of aromatic hydroxyl groups is 2. The Hall–Kier alpha value is -2.77. The summed E-state index contributed by atoms with van der Waals surface area (Å²) in [5.41, 5.74) is -2.45. The largest absolute Gasteiger partial charge is 0.507 e. The van der Waals surface area contributed by atoms with Crippen molar-refractivity contribution in [2.24, 2.45) is 0 Å². The Morgan fingerprint density at radius 3 is 2.39 bits per heavy atom. The summed E-state index contributed by atoms with van der Waals surface area (Å²) in [6.07, 6.45) is -1.55. The summed E-state index contributed by atoms with van der Waals surface area (Å²) in [5.74, 6) is -2.30. The quantitative estimate of drug-likeness (QED) is 0.262. The summed E-state index contributed by atoms with van der Waals surface area (Å²) in [7, 11) is 1.37. The van der Waals surface area contributed by atoms with Gasteiger partial charge in [-0.05, 0) is 45.8 Å². The fraction of sp³-hybridized carbons (Fsp3) is 0.562. The van der Waals surface area contributed by atoms with Crippen LogP contribution in [0.4, 0.5) is 0 Å². The highest BCUT2D eigenvalue weighted by Gasteiger charge is 2.49. The lowest BCUT2D eigenvalue weighted by Crippen LogP contribution is -2.56. The van der Waals surface area contributed by atoms with E-state index in [1.54, 1.807) is 13.0 Å². The molecule has 2 fully saturated rings. The van der Waals surface area contributed by atoms with Crippen molar-refractivity contribution in [3.63, 3.8) is 0 Å². The van der Waals surface area contributed by atoms with Crippen LogP contribution in [-0.4, -0.2) is 98.4 Å². The number of carbonyl (C=O) groups excluding carboxylic acids is 2. The molecule has 2 aliphatic heterocycles. The number of rotatable bonds is 5. The van der Waals surface area contributed by atoms with E-state index in [1.807, 2.05) is 0 Å². The Balaban J connectivity index is 0.00000384. The lowest BCUT2D eigenvalue weighted by molar-refractivity contribution is -0.262. The van der Waals surface area contributed by atoms with Crippen LogP contribution in [-0.2, 0) is 15.9 Å². The van der Waals surface area contributed by atoms with E-state index >= 15 is 0 Å². The number of nitrogens with zero attached hydrogens (tertiary/aromatic N) is 1. The number of likely N-dealkylation sites (tertiary alicyclic amines) is 1. The molecule has 0 spiro atoms. The predicted molar refractivity (Wildman–Crippen MR) is 160 cm³/mol. The van der Waals surface area contributed by atoms with Crippen LogP contribution in [0.3, 0.4) is 0 Å². The van der Waals surface area contributed by atoms with E-state index in [0.29, 0.717) is 6.42 Å². The summed E-state index contributed by atoms with van der Waals surface area (Å²) < 4.78 is 17.8. The first-order valence-corrected chi connectivity index (χ1v) is 15.0. The van der Waals surface area contributed by atoms with Gasteiger partial charge in [0.2, 0.25) is 5.78 Å². The minimum Gasteiger partial charge on any atom is -0.507 e. The SMILES string of the molecule is COc1cccc2c1C(=O)c1c(O)c3c(c(O)c1C2=O)CC(O)(C(C)O)CC3OC1CC(N2CCCCC2)C(O)C(C)O1.Cl. The van der Waals surface area contributed by atoms with Crippen molar-refractivity contribution >= 4 is 24.0 Å². The molecule has 0 saturated carbocycles. The number of aliphatic hydroxyl groups excluding tert-OH is 2. The highest BCUT2D eigenvalue weighted by molar-refractivity contribution is 6.31. The molecule has 2 saturated heterocycles. The van der Waals surface area contributed by atoms with Gasteiger partial charge in [0.15, 0.2) is 12.1 Å². The minimum atomic E-state index is -1.79. The average molecular weight is 634 g/mol. The van der Waals surface area contributed by atoms with E-state index in [2.05, 4.69) is 4.90 Å². The first kappa shape index (κ1) is 32.6. The second-order valence-electron chi connectivity index (χ2n) is 12.3. The molecule has 0 bridgehead atoms. The third-order valence-corrected chi connectivity index (χ3v) is 9.73. The van der Waals surface area contributed by atoms with Crippen LogP contribution in [0.5, 0.6) is 17.2 Å². The number of fused-ring (bicyclic) bond motifs is 3. The monoisotopic (exact) mass is 633 g/mol. The highest BCUT2D eigenvalue weighted by Crippen LogP contribution is 2.53. The second-order valence-corrected chi connectivity index (χ2v) is 12.3. The van der Waals surface area contributed by atoms with E-state index in [4.69, 9.17) is 14.2 Å². The van der Waals surface area contributed by atoms with Gasteiger partial charge >= 0.3 is 0 Å². The zero-order valence-electron chi connectivity index (χ0n) is 25.0. The fourth-order valence-corrected chi connectivity index (χ4v) is 7.29. The maximum Gasteiger partial charge on any atom is 0.202 e. The normalized spacial score (nSPS) is 30.9. The zero-order valence-corrected chi connectivity index (χ0v) is 25.8. The van der Waals surface area contributed by atoms with Crippen LogP contribution in [0.25, 0.3) is 0 Å². The molecule has 7 atom stereocenters. The molecule has 5 N–H and O–H groups in total. The molecule has 12 heteroatoms. The van der Waals surface area contributed by atoms with Gasteiger partial charge in [-0.3, -0.25) is 14.5 Å². The predicted octanol–water partition coefficient (Wildman–Crippen LogP) is 2.77. The van der Waals surface area contributed by atoms with Gasteiger partial charge in [0, 0.05) is 42.0 Å². The smallest absolute Gasteiger partial charge is 0.202 e. The molecule has 0 amide bonds. The maximum atomic E-state index is 13.8. The summed E-state index contributed by atoms with van der Waals surface area (Å²) in [6.45, 7) is 4.86. The van der Waals surface area contributed by atoms with Gasteiger partial charge in [0.1, 0.15) is 17.2 Å². The van der Waals surface area contributed by atoms with Crippen molar-refractivity contribution in [2.45, 2.75) is 94.7 Å². The van der Waals surface area contributed by atoms with E-state index in [-0.39, 0.29) is 70.4 Å². The lowest BCUT2D eigenvalue weighted by Gasteiger charge is -2.46. The van der Waals surface area contributed by atoms with Gasteiger partial charge < -0.3 is 39.7 Å². The molecule has 44 heavy (non-hydrogen) atoms. The van der Waals surface area contributed by atoms with Crippen molar-refractivity contribution < 1.29 is 49.3 Å². The summed E-state index contributed by atoms with van der Waals surface area (Å²) in [5, 5.41) is 56.3. The minimum absolute atomic E-state index is 0. The number of hydrogen-bond donors (Lipinski definition) is 5. The molecular weight excluding hydrogens is 594 g/mol. The number of ether oxygens (including phenoxy) is 3. The molecule has 11 nitrogen and oxygen atoms in total. The molecule has 0 aromatic heterocycles. The van der Waals surface area contributed by atoms with Crippen LogP contribution in [0, 0.1) is 0 Å². The Labute approximate surface area is 261 Å². The molecule has 2 aromatic rings. The number of aliphatic hydroxyl groups is 3. The number of hydrogen-bond acceptors (Lipinski definition) is 11. The van der Waals surface area contributed by atoms with Gasteiger partial charge in [-0.25, -0.2) is 0 Å². The van der Waals surface area contributed by atoms with Crippen molar-refractivity contribution in [1.29, 1.82) is 0 Å². The van der Waals surface area contributed by atoms with Crippen molar-refractivity contribution in [1.82, 2.24) is 4.90 Å². The van der Waals surface area contributed by atoms with Gasteiger partial charge in [-0.2, -0.15) is 0 Å². The van der Waals surface area contributed by atoms with Gasteiger partial charge in [0.05, 0.1) is 53.8 Å². The molecular formula is C32H40ClNO10. The van der Waals surface area contributed by atoms with Crippen molar-refractivity contribution in [3.8, 4) is 17.2 Å². The number of methoxy groups -OCH3 is 1. The standard InChI is InChI=1S/C32H39NO10.ClH/c1-15-27(35)19(33-10-5-4-6-11-33)12-22(42-15)43-21-14-32(40,16(2)34)13-18-24(21)31(39)26-25(29(18)37)28(36)17-8-7-9-20(41-3)23(17)30(26)38;/h7-9,15-16,19,21-22,27,34-35,37,39-40H,4-6,10-14H2,1-3H3;1H. The molecule has 6 rings (SSSR count). The molecule has 2 aromatic carbocycles. The number of carbonyl (C=O) groups is 2. The van der Waals surface area contributed by atoms with Crippen LogP contribution in [0.2, 0.25) is 0 Å². The third kappa shape index (κ3) is 5.18. The summed E-state index contributed by atoms with van der Waals surface area (Å²) in [6, 6.07) is 4.30.